The largest absolute Gasteiger partial charge is 0.480 e. The van der Waals surface area contributed by atoms with E-state index in [2.05, 4.69) is 20.9 Å². The highest BCUT2D eigenvalue weighted by atomic mass is 32.2. The van der Waals surface area contributed by atoms with Crippen LogP contribution >= 0.6 is 23.5 Å². The molecular weight excluding hydrogens is 542 g/mol. The zero-order valence-corrected chi connectivity index (χ0v) is 24.1. The number of thioether (sulfide) groups is 2. The van der Waals surface area contributed by atoms with Crippen LogP contribution in [0.4, 0.5) is 0 Å². The van der Waals surface area contributed by atoms with Gasteiger partial charge in [-0.1, -0.05) is 30.3 Å². The van der Waals surface area contributed by atoms with Gasteiger partial charge in [0.15, 0.2) is 5.96 Å². The summed E-state index contributed by atoms with van der Waals surface area (Å²) in [5, 5.41) is 17.4. The summed E-state index contributed by atoms with van der Waals surface area (Å²) in [6.45, 7) is 0.220. The van der Waals surface area contributed by atoms with Crippen LogP contribution in [0.1, 0.15) is 31.2 Å². The van der Waals surface area contributed by atoms with Crippen LogP contribution in [-0.2, 0) is 25.6 Å². The fraction of sp³-hybridized carbons (Fsp3) is 0.560. The second-order valence-electron chi connectivity index (χ2n) is 8.83. The highest BCUT2D eigenvalue weighted by molar-refractivity contribution is 7.98. The number of amides is 3. The molecule has 4 unspecified atom stereocenters. The first-order valence-electron chi connectivity index (χ1n) is 12.6. The molecule has 4 atom stereocenters. The van der Waals surface area contributed by atoms with Gasteiger partial charge < -0.3 is 38.3 Å². The molecule has 0 heterocycles. The van der Waals surface area contributed by atoms with E-state index in [0.717, 1.165) is 5.56 Å². The van der Waals surface area contributed by atoms with Gasteiger partial charge in [-0.05, 0) is 61.7 Å². The van der Waals surface area contributed by atoms with Crippen molar-refractivity contribution >= 4 is 53.2 Å². The zero-order chi connectivity index (χ0) is 29.2. The first-order valence-corrected chi connectivity index (χ1v) is 15.3. The Morgan fingerprint density at radius 3 is 1.90 bits per heavy atom. The third kappa shape index (κ3) is 14.1. The molecule has 0 spiro atoms. The summed E-state index contributed by atoms with van der Waals surface area (Å²) in [4.78, 5) is 54.7. The standard InChI is InChI=1S/C25H41N7O5S2/c1-38-13-10-19(30-21(33)17(26)15-16-7-4-3-5-8-16)23(35)31-18(9-6-12-29-25(27)28)22(34)32-20(24(36)37)11-14-39-2/h3-5,7-8,17-20H,6,9-15,26H2,1-2H3,(H,30,33)(H,31,35)(H,32,34)(H,36,37)(H4,27,28,29). The molecule has 3 amide bonds. The molecule has 1 rings (SSSR count). The van der Waals surface area contributed by atoms with Crippen LogP contribution in [0.3, 0.4) is 0 Å². The average molecular weight is 584 g/mol. The van der Waals surface area contributed by atoms with Crippen molar-refractivity contribution in [1.29, 1.82) is 0 Å². The molecular formula is C25H41N7O5S2. The first-order chi connectivity index (χ1) is 18.6. The van der Waals surface area contributed by atoms with Gasteiger partial charge in [-0.3, -0.25) is 19.4 Å². The third-order valence-electron chi connectivity index (χ3n) is 5.68. The molecule has 39 heavy (non-hydrogen) atoms. The number of carboxylic acid groups (broad SMARTS) is 1. The maximum atomic E-state index is 13.3. The van der Waals surface area contributed by atoms with Gasteiger partial charge in [-0.2, -0.15) is 23.5 Å². The smallest absolute Gasteiger partial charge is 0.326 e. The van der Waals surface area contributed by atoms with Gasteiger partial charge >= 0.3 is 5.97 Å². The molecule has 10 N–H and O–H groups in total. The quantitative estimate of drug-likeness (QED) is 0.0638. The highest BCUT2D eigenvalue weighted by Crippen LogP contribution is 2.08. The number of guanidine groups is 1. The molecule has 0 saturated carbocycles. The van der Waals surface area contributed by atoms with E-state index >= 15 is 0 Å². The molecule has 0 aliphatic heterocycles. The normalized spacial score (nSPS) is 13.8. The topological polar surface area (TPSA) is 215 Å². The van der Waals surface area contributed by atoms with Crippen LogP contribution in [0.5, 0.6) is 0 Å². The molecule has 218 valence electrons. The van der Waals surface area contributed by atoms with Crippen LogP contribution in [0.15, 0.2) is 35.3 Å². The molecule has 0 aliphatic rings. The number of carbonyl (C=O) groups is 4. The maximum Gasteiger partial charge on any atom is 0.326 e. The number of carbonyl (C=O) groups excluding carboxylic acids is 3. The lowest BCUT2D eigenvalue weighted by Crippen LogP contribution is -2.57. The Hall–Kier alpha value is -2.97. The molecule has 0 bridgehead atoms. The summed E-state index contributed by atoms with van der Waals surface area (Å²) in [6.07, 6.45) is 5.04. The summed E-state index contributed by atoms with van der Waals surface area (Å²) >= 11 is 2.96. The number of aliphatic imine (C=N–C) groups is 1. The number of aliphatic carboxylic acids is 1. The molecule has 0 aliphatic carbocycles. The van der Waals surface area contributed by atoms with Crippen molar-refractivity contribution in [2.24, 2.45) is 22.2 Å². The van der Waals surface area contributed by atoms with Crippen molar-refractivity contribution in [1.82, 2.24) is 16.0 Å². The van der Waals surface area contributed by atoms with Crippen molar-refractivity contribution in [3.63, 3.8) is 0 Å². The molecule has 12 nitrogen and oxygen atoms in total. The lowest BCUT2D eigenvalue weighted by molar-refractivity contribution is -0.142. The number of benzene rings is 1. The van der Waals surface area contributed by atoms with Gasteiger partial charge in [0.2, 0.25) is 17.7 Å². The van der Waals surface area contributed by atoms with Crippen LogP contribution < -0.4 is 33.2 Å². The van der Waals surface area contributed by atoms with E-state index in [1.54, 1.807) is 0 Å². The Kier molecular flexibility index (Phi) is 16.7. The number of hydrogen-bond acceptors (Lipinski definition) is 8. The predicted molar refractivity (Wildman–Crippen MR) is 157 cm³/mol. The monoisotopic (exact) mass is 583 g/mol. The lowest BCUT2D eigenvalue weighted by Gasteiger charge is -2.25. The number of nitrogens with zero attached hydrogens (tertiary/aromatic N) is 1. The van der Waals surface area contributed by atoms with Gasteiger partial charge in [0.25, 0.3) is 0 Å². The van der Waals surface area contributed by atoms with Crippen LogP contribution in [0, 0.1) is 0 Å². The Balaban J connectivity index is 2.98. The number of hydrogen-bond donors (Lipinski definition) is 7. The van der Waals surface area contributed by atoms with Crippen molar-refractivity contribution in [2.75, 3.05) is 30.6 Å². The number of nitrogens with two attached hydrogens (primary N) is 3. The summed E-state index contributed by atoms with van der Waals surface area (Å²) in [6, 6.07) is 5.31. The van der Waals surface area contributed by atoms with E-state index in [4.69, 9.17) is 17.2 Å². The molecule has 1 aromatic rings. The molecule has 0 saturated heterocycles. The average Bonchev–Trinajstić information content (AvgIpc) is 2.90. The minimum absolute atomic E-state index is 0.102. The van der Waals surface area contributed by atoms with Crippen molar-refractivity contribution in [3.8, 4) is 0 Å². The Morgan fingerprint density at radius 1 is 0.846 bits per heavy atom. The Morgan fingerprint density at radius 2 is 1.36 bits per heavy atom. The van der Waals surface area contributed by atoms with Gasteiger partial charge in [0.05, 0.1) is 6.04 Å². The van der Waals surface area contributed by atoms with E-state index in [1.165, 1.54) is 23.5 Å². The van der Waals surface area contributed by atoms with Crippen molar-refractivity contribution < 1.29 is 24.3 Å². The summed E-state index contributed by atoms with van der Waals surface area (Å²) < 4.78 is 0. The van der Waals surface area contributed by atoms with Crippen LogP contribution in [0.25, 0.3) is 0 Å². The number of carboxylic acids is 1. The Labute approximate surface area is 238 Å². The fourth-order valence-corrected chi connectivity index (χ4v) is 4.50. The van der Waals surface area contributed by atoms with E-state index in [0.29, 0.717) is 30.8 Å². The fourth-order valence-electron chi connectivity index (χ4n) is 3.55. The SMILES string of the molecule is CSCCC(NC(=O)C(CCCN=C(N)N)NC(=O)C(CCSC)NC(=O)C(N)Cc1ccccc1)C(=O)O. The molecule has 14 heteroatoms. The van der Waals surface area contributed by atoms with Gasteiger partial charge in [0, 0.05) is 6.54 Å². The van der Waals surface area contributed by atoms with E-state index < -0.39 is 47.9 Å². The van der Waals surface area contributed by atoms with E-state index in [-0.39, 0.29) is 25.3 Å². The van der Waals surface area contributed by atoms with Gasteiger partial charge in [-0.15, -0.1) is 0 Å². The third-order valence-corrected chi connectivity index (χ3v) is 6.97. The van der Waals surface area contributed by atoms with Gasteiger partial charge in [-0.25, -0.2) is 4.79 Å². The van der Waals surface area contributed by atoms with Crippen molar-refractivity contribution in [2.45, 2.75) is 56.3 Å². The first kappa shape index (κ1) is 34.1. The molecule has 1 aromatic carbocycles. The summed E-state index contributed by atoms with van der Waals surface area (Å²) in [5.74, 6) is -1.86. The van der Waals surface area contributed by atoms with Crippen LogP contribution in [-0.4, -0.2) is 89.5 Å². The van der Waals surface area contributed by atoms with Gasteiger partial charge in [0.1, 0.15) is 18.1 Å². The number of rotatable bonds is 19. The van der Waals surface area contributed by atoms with E-state index in [1.807, 2.05) is 42.8 Å². The lowest BCUT2D eigenvalue weighted by atomic mass is 10.0. The molecule has 0 radical (unpaired) electrons. The Bertz CT molecular complexity index is 948. The molecule has 0 aromatic heterocycles. The van der Waals surface area contributed by atoms with Crippen molar-refractivity contribution in [3.05, 3.63) is 35.9 Å². The van der Waals surface area contributed by atoms with Crippen LogP contribution in [0.2, 0.25) is 0 Å². The second-order valence-corrected chi connectivity index (χ2v) is 10.8. The minimum atomic E-state index is -1.17. The summed E-state index contributed by atoms with van der Waals surface area (Å²) in [5.41, 5.74) is 17.7. The maximum absolute atomic E-state index is 13.3. The zero-order valence-electron chi connectivity index (χ0n) is 22.4. The van der Waals surface area contributed by atoms with E-state index in [9.17, 15) is 24.3 Å². The minimum Gasteiger partial charge on any atom is -0.480 e. The molecule has 0 fully saturated rings. The number of nitrogens with one attached hydrogen (secondary N) is 3. The predicted octanol–water partition coefficient (Wildman–Crippen LogP) is -0.345. The second kappa shape index (κ2) is 19.1. The summed E-state index contributed by atoms with van der Waals surface area (Å²) in [7, 11) is 0. The highest BCUT2D eigenvalue weighted by Gasteiger charge is 2.30.